The summed E-state index contributed by atoms with van der Waals surface area (Å²) >= 11 is 0. The molecule has 0 aromatic carbocycles. The summed E-state index contributed by atoms with van der Waals surface area (Å²) in [6, 6.07) is 0. The molecule has 1 aliphatic rings. The molecule has 1 rings (SSSR count). The van der Waals surface area contributed by atoms with Crippen molar-refractivity contribution < 1.29 is 0 Å². The zero-order chi connectivity index (χ0) is 7.78. The molecular formula is C11H17. The minimum Gasteiger partial charge on any atom is -0.0885 e. The van der Waals surface area contributed by atoms with E-state index >= 15 is 0 Å². The number of allylic oxidation sites excluding steroid dienone is 4. The van der Waals surface area contributed by atoms with Gasteiger partial charge in [-0.25, -0.2) is 0 Å². The summed E-state index contributed by atoms with van der Waals surface area (Å²) in [5.41, 5.74) is 0. The summed E-state index contributed by atoms with van der Waals surface area (Å²) in [5, 5.41) is 0. The fourth-order valence-electron chi connectivity index (χ4n) is 1.24. The fraction of sp³-hybridized carbons (Fsp3) is 0.545. The highest BCUT2D eigenvalue weighted by Gasteiger charge is 1.87. The van der Waals surface area contributed by atoms with Gasteiger partial charge in [0.25, 0.3) is 0 Å². The van der Waals surface area contributed by atoms with E-state index in [0.29, 0.717) is 0 Å². The number of rotatable bonds is 0. The largest absolute Gasteiger partial charge is 0.0885 e. The van der Waals surface area contributed by atoms with Crippen LogP contribution in [0.25, 0.3) is 0 Å². The van der Waals surface area contributed by atoms with Gasteiger partial charge in [-0.2, -0.15) is 0 Å². The van der Waals surface area contributed by atoms with Crippen molar-refractivity contribution in [3.8, 4) is 0 Å². The van der Waals surface area contributed by atoms with Crippen molar-refractivity contribution >= 4 is 0 Å². The molecule has 0 saturated carbocycles. The maximum atomic E-state index is 2.32. The average Bonchev–Trinajstić information content (AvgIpc) is 2.08. The third-order valence-corrected chi connectivity index (χ3v) is 1.93. The van der Waals surface area contributed by atoms with Gasteiger partial charge in [0.1, 0.15) is 0 Å². The van der Waals surface area contributed by atoms with Gasteiger partial charge in [0.15, 0.2) is 0 Å². The van der Waals surface area contributed by atoms with E-state index in [1.165, 1.54) is 38.5 Å². The van der Waals surface area contributed by atoms with Crippen molar-refractivity contribution in [3.63, 3.8) is 0 Å². The van der Waals surface area contributed by atoms with Crippen LogP contribution >= 0.6 is 0 Å². The quantitative estimate of drug-likeness (QED) is 0.461. The highest BCUT2D eigenvalue weighted by atomic mass is 13.9. The van der Waals surface area contributed by atoms with Gasteiger partial charge in [-0.15, -0.1) is 0 Å². The molecule has 0 saturated heterocycles. The summed E-state index contributed by atoms with van der Waals surface area (Å²) in [6.07, 6.45) is 19.0. The summed E-state index contributed by atoms with van der Waals surface area (Å²) < 4.78 is 0. The zero-order valence-electron chi connectivity index (χ0n) is 7.13. The van der Waals surface area contributed by atoms with Crippen LogP contribution in [0.15, 0.2) is 24.3 Å². The summed E-state index contributed by atoms with van der Waals surface area (Å²) in [5.74, 6) is 0. The predicted molar refractivity (Wildman–Crippen MR) is 50.3 cm³/mol. The SMILES string of the molecule is [CH]1C=CCCC=CCCCC1. The Kier molecular flexibility index (Phi) is 4.84. The first-order chi connectivity index (χ1) is 5.50. The van der Waals surface area contributed by atoms with Gasteiger partial charge in [-0.1, -0.05) is 30.7 Å². The van der Waals surface area contributed by atoms with E-state index < -0.39 is 0 Å². The lowest BCUT2D eigenvalue weighted by Crippen LogP contribution is -1.74. The van der Waals surface area contributed by atoms with Crippen LogP contribution < -0.4 is 0 Å². The smallest absolute Gasteiger partial charge is 0.0171 e. The van der Waals surface area contributed by atoms with Gasteiger partial charge in [-0.3, -0.25) is 0 Å². The van der Waals surface area contributed by atoms with Crippen LogP contribution in [-0.4, -0.2) is 0 Å². The van der Waals surface area contributed by atoms with Gasteiger partial charge >= 0.3 is 0 Å². The van der Waals surface area contributed by atoms with Gasteiger partial charge in [0.2, 0.25) is 0 Å². The third-order valence-electron chi connectivity index (χ3n) is 1.93. The molecule has 11 heavy (non-hydrogen) atoms. The molecule has 0 unspecified atom stereocenters. The third kappa shape index (κ3) is 4.83. The highest BCUT2D eigenvalue weighted by molar-refractivity contribution is 4.96. The first kappa shape index (κ1) is 8.58. The summed E-state index contributed by atoms with van der Waals surface area (Å²) in [6.45, 7) is 0. The normalized spacial score (nSPS) is 21.1. The predicted octanol–water partition coefficient (Wildman–Crippen LogP) is 3.66. The van der Waals surface area contributed by atoms with E-state index in [1.54, 1.807) is 0 Å². The molecule has 0 heterocycles. The fourth-order valence-corrected chi connectivity index (χ4v) is 1.24. The van der Waals surface area contributed by atoms with E-state index in [4.69, 9.17) is 0 Å². The Bertz CT molecular complexity index is 115. The molecule has 61 valence electrons. The molecule has 0 heteroatoms. The molecule has 0 aromatic heterocycles. The Balaban J connectivity index is 2.22. The minimum atomic E-state index is 1.20. The van der Waals surface area contributed by atoms with Crippen molar-refractivity contribution in [2.75, 3.05) is 0 Å². The second-order valence-corrected chi connectivity index (χ2v) is 3.00. The molecule has 1 aliphatic carbocycles. The molecule has 0 nitrogen and oxygen atoms in total. The Labute approximate surface area is 70.0 Å². The zero-order valence-corrected chi connectivity index (χ0v) is 7.13. The van der Waals surface area contributed by atoms with Crippen LogP contribution in [0, 0.1) is 6.42 Å². The van der Waals surface area contributed by atoms with E-state index in [0.717, 1.165) is 0 Å². The van der Waals surface area contributed by atoms with Gasteiger partial charge in [-0.05, 0) is 38.5 Å². The Morgan fingerprint density at radius 2 is 1.36 bits per heavy atom. The highest BCUT2D eigenvalue weighted by Crippen LogP contribution is 2.06. The molecule has 0 amide bonds. The topological polar surface area (TPSA) is 0 Å². The first-order valence-corrected chi connectivity index (χ1v) is 4.63. The molecule has 0 atom stereocenters. The molecule has 1 radical (unpaired) electrons. The van der Waals surface area contributed by atoms with Crippen LogP contribution in [-0.2, 0) is 0 Å². The molecule has 0 N–H and O–H groups in total. The average molecular weight is 149 g/mol. The molecule has 0 fully saturated rings. The van der Waals surface area contributed by atoms with Crippen LogP contribution in [0.3, 0.4) is 0 Å². The van der Waals surface area contributed by atoms with E-state index in [1.807, 2.05) is 0 Å². The van der Waals surface area contributed by atoms with Crippen LogP contribution in [0.4, 0.5) is 0 Å². The second kappa shape index (κ2) is 6.21. The maximum absolute atomic E-state index is 2.32. The van der Waals surface area contributed by atoms with Crippen molar-refractivity contribution in [3.05, 3.63) is 30.7 Å². The van der Waals surface area contributed by atoms with Crippen LogP contribution in [0.2, 0.25) is 0 Å². The van der Waals surface area contributed by atoms with Crippen molar-refractivity contribution in [2.24, 2.45) is 0 Å². The van der Waals surface area contributed by atoms with Crippen molar-refractivity contribution in [1.29, 1.82) is 0 Å². The minimum absolute atomic E-state index is 1.20. The molecule has 0 aromatic rings. The number of hydrogen-bond acceptors (Lipinski definition) is 0. The molecule has 0 aliphatic heterocycles. The standard InChI is InChI=1S/C11H17/c1-2-4-6-8-10-11-9-7-5-3-1/h1-3,8,10H,4-7,9,11H2. The lowest BCUT2D eigenvalue weighted by atomic mass is 10.1. The van der Waals surface area contributed by atoms with E-state index in [-0.39, 0.29) is 0 Å². The van der Waals surface area contributed by atoms with Crippen molar-refractivity contribution in [1.82, 2.24) is 0 Å². The monoisotopic (exact) mass is 149 g/mol. The lowest BCUT2D eigenvalue weighted by Gasteiger charge is -1.92. The Morgan fingerprint density at radius 1 is 0.636 bits per heavy atom. The second-order valence-electron chi connectivity index (χ2n) is 3.00. The molecule has 0 spiro atoms. The molecular weight excluding hydrogens is 132 g/mol. The van der Waals surface area contributed by atoms with Crippen LogP contribution in [0.1, 0.15) is 38.5 Å². The van der Waals surface area contributed by atoms with E-state index in [9.17, 15) is 0 Å². The lowest BCUT2D eigenvalue weighted by molar-refractivity contribution is 0.747. The summed E-state index contributed by atoms with van der Waals surface area (Å²) in [7, 11) is 0. The summed E-state index contributed by atoms with van der Waals surface area (Å²) in [4.78, 5) is 0. The van der Waals surface area contributed by atoms with E-state index in [2.05, 4.69) is 30.7 Å². The Hall–Kier alpha value is -0.520. The van der Waals surface area contributed by atoms with Gasteiger partial charge in [0.05, 0.1) is 0 Å². The number of hydrogen-bond donors (Lipinski definition) is 0. The van der Waals surface area contributed by atoms with Gasteiger partial charge in [0, 0.05) is 0 Å². The molecule has 0 bridgehead atoms. The van der Waals surface area contributed by atoms with Crippen LogP contribution in [0.5, 0.6) is 0 Å². The van der Waals surface area contributed by atoms with Crippen molar-refractivity contribution in [2.45, 2.75) is 38.5 Å². The first-order valence-electron chi connectivity index (χ1n) is 4.63. The van der Waals surface area contributed by atoms with Gasteiger partial charge < -0.3 is 0 Å². The maximum Gasteiger partial charge on any atom is -0.0171 e. The Morgan fingerprint density at radius 3 is 2.36 bits per heavy atom.